The van der Waals surface area contributed by atoms with E-state index in [0.29, 0.717) is 16.0 Å². The summed E-state index contributed by atoms with van der Waals surface area (Å²) in [6.45, 7) is 7.71. The summed E-state index contributed by atoms with van der Waals surface area (Å²) in [5.74, 6) is 0.702. The topological polar surface area (TPSA) is 83.8 Å². The third-order valence-corrected chi connectivity index (χ3v) is 6.35. The highest BCUT2D eigenvalue weighted by atomic mass is 35.5. The minimum Gasteiger partial charge on any atom is -0.342 e. The summed E-state index contributed by atoms with van der Waals surface area (Å²) >= 11 is 7.82. The predicted molar refractivity (Wildman–Crippen MR) is 122 cm³/mol. The molecule has 1 aromatic rings. The molecule has 1 fully saturated rings. The number of carbonyl (C=O) groups is 1. The largest absolute Gasteiger partial charge is 0.342 e. The summed E-state index contributed by atoms with van der Waals surface area (Å²) < 4.78 is 0. The molecule has 0 saturated carbocycles. The van der Waals surface area contributed by atoms with Gasteiger partial charge in [0.25, 0.3) is 0 Å². The lowest BCUT2D eigenvalue weighted by molar-refractivity contribution is -0.128. The Morgan fingerprint density at radius 3 is 2.62 bits per heavy atom. The van der Waals surface area contributed by atoms with Gasteiger partial charge in [0.2, 0.25) is 5.91 Å². The minimum atomic E-state index is -0.226. The molecule has 0 aromatic heterocycles. The van der Waals surface area contributed by atoms with Crippen molar-refractivity contribution >= 4 is 46.0 Å². The Morgan fingerprint density at radius 2 is 1.97 bits per heavy atom. The van der Waals surface area contributed by atoms with Crippen molar-refractivity contribution in [2.24, 2.45) is 10.9 Å². The first kappa shape index (κ1) is 22.1. The number of benzene rings is 1. The third-order valence-electron chi connectivity index (χ3n) is 5.09. The molecule has 2 aliphatic rings. The maximum absolute atomic E-state index is 12.8. The number of carbonyl (C=O) groups excluding carboxylic acids is 1. The van der Waals surface area contributed by atoms with Gasteiger partial charge in [0, 0.05) is 19.1 Å². The standard InChI is InChI=1S/C20H29ClN6OS/c1-4-10-26(11-5-2)16(28)12-29-20-23-19-17(13(3)24-25-19)18(22)27(20)15-9-7-6-8-14(15)21/h6-9,13,17,19,22,24-25H,4-5,10-12H2,1-3H3. The Kier molecular flexibility index (Phi) is 7.56. The van der Waals surface area contributed by atoms with Crippen molar-refractivity contribution < 1.29 is 4.79 Å². The molecule has 3 rings (SSSR count). The van der Waals surface area contributed by atoms with Crippen LogP contribution in [0.15, 0.2) is 29.3 Å². The smallest absolute Gasteiger partial charge is 0.233 e. The van der Waals surface area contributed by atoms with E-state index in [1.807, 2.05) is 36.1 Å². The molecule has 0 bridgehead atoms. The zero-order valence-electron chi connectivity index (χ0n) is 17.1. The Bertz CT molecular complexity index is 782. The summed E-state index contributed by atoms with van der Waals surface area (Å²) in [6, 6.07) is 7.52. The lowest BCUT2D eigenvalue weighted by Crippen LogP contribution is -2.50. The molecule has 158 valence electrons. The van der Waals surface area contributed by atoms with Crippen molar-refractivity contribution in [3.8, 4) is 0 Å². The van der Waals surface area contributed by atoms with E-state index in [9.17, 15) is 4.79 Å². The molecule has 2 heterocycles. The summed E-state index contributed by atoms with van der Waals surface area (Å²) in [7, 11) is 0. The second kappa shape index (κ2) is 9.93. The average Bonchev–Trinajstić information content (AvgIpc) is 3.08. The highest BCUT2D eigenvalue weighted by Gasteiger charge is 2.44. The highest BCUT2D eigenvalue weighted by Crippen LogP contribution is 2.35. The van der Waals surface area contributed by atoms with Crippen LogP contribution in [0.3, 0.4) is 0 Å². The Labute approximate surface area is 181 Å². The third kappa shape index (κ3) is 4.77. The number of nitrogens with zero attached hydrogens (tertiary/aromatic N) is 3. The zero-order chi connectivity index (χ0) is 21.0. The maximum atomic E-state index is 12.8. The molecule has 0 aliphatic carbocycles. The fraction of sp³-hybridized carbons (Fsp3) is 0.550. The summed E-state index contributed by atoms with van der Waals surface area (Å²) in [5.41, 5.74) is 7.05. The van der Waals surface area contributed by atoms with Gasteiger partial charge in [-0.25, -0.2) is 10.4 Å². The molecule has 3 atom stereocenters. The van der Waals surface area contributed by atoms with E-state index in [1.165, 1.54) is 11.8 Å². The van der Waals surface area contributed by atoms with E-state index < -0.39 is 0 Å². The SMILES string of the molecule is CCCN(CCC)C(=O)CSC1=NC2NNC(C)C2C(=N)N1c1ccccc1Cl. The molecule has 29 heavy (non-hydrogen) atoms. The number of amides is 1. The molecule has 0 spiro atoms. The molecule has 0 radical (unpaired) electrons. The van der Waals surface area contributed by atoms with Gasteiger partial charge >= 0.3 is 0 Å². The molecule has 1 saturated heterocycles. The average molecular weight is 437 g/mol. The zero-order valence-corrected chi connectivity index (χ0v) is 18.7. The van der Waals surface area contributed by atoms with Gasteiger partial charge in [-0.05, 0) is 31.9 Å². The van der Waals surface area contributed by atoms with Crippen LogP contribution < -0.4 is 15.8 Å². The molecule has 1 amide bonds. The van der Waals surface area contributed by atoms with Crippen LogP contribution in [-0.4, -0.2) is 52.9 Å². The number of aliphatic imine (C=N–C) groups is 1. The fourth-order valence-corrected chi connectivity index (χ4v) is 4.85. The van der Waals surface area contributed by atoms with Gasteiger partial charge in [-0.2, -0.15) is 0 Å². The molecule has 7 nitrogen and oxygen atoms in total. The number of anilines is 1. The van der Waals surface area contributed by atoms with Gasteiger partial charge in [0.1, 0.15) is 12.0 Å². The van der Waals surface area contributed by atoms with Gasteiger partial charge in [-0.1, -0.05) is 49.3 Å². The van der Waals surface area contributed by atoms with Crippen LogP contribution >= 0.6 is 23.4 Å². The highest BCUT2D eigenvalue weighted by molar-refractivity contribution is 8.14. The Balaban J connectivity index is 1.85. The summed E-state index contributed by atoms with van der Waals surface area (Å²) in [4.78, 5) is 21.3. The monoisotopic (exact) mass is 436 g/mol. The second-order valence-electron chi connectivity index (χ2n) is 7.30. The number of rotatable bonds is 7. The molecule has 2 aliphatic heterocycles. The maximum Gasteiger partial charge on any atom is 0.233 e. The van der Waals surface area contributed by atoms with Crippen LogP contribution in [0, 0.1) is 11.3 Å². The second-order valence-corrected chi connectivity index (χ2v) is 8.65. The molecule has 3 unspecified atom stereocenters. The number of hydrogen-bond acceptors (Lipinski definition) is 6. The van der Waals surface area contributed by atoms with E-state index in [1.54, 1.807) is 4.90 Å². The Morgan fingerprint density at radius 1 is 1.28 bits per heavy atom. The van der Waals surface area contributed by atoms with Crippen molar-refractivity contribution in [1.82, 2.24) is 15.8 Å². The van der Waals surface area contributed by atoms with E-state index in [2.05, 4.69) is 24.7 Å². The van der Waals surface area contributed by atoms with Gasteiger partial charge in [0.05, 0.1) is 22.4 Å². The van der Waals surface area contributed by atoms with Crippen LogP contribution in [0.1, 0.15) is 33.6 Å². The van der Waals surface area contributed by atoms with Crippen molar-refractivity contribution in [2.75, 3.05) is 23.7 Å². The number of thioether (sulfide) groups is 1. The first-order valence-corrected chi connectivity index (χ1v) is 11.5. The number of amidine groups is 2. The quantitative estimate of drug-likeness (QED) is 0.610. The number of para-hydroxylation sites is 1. The molecular formula is C20H29ClN6OS. The van der Waals surface area contributed by atoms with Crippen molar-refractivity contribution in [3.63, 3.8) is 0 Å². The first-order valence-electron chi connectivity index (χ1n) is 10.1. The van der Waals surface area contributed by atoms with E-state index in [-0.39, 0.29) is 29.8 Å². The van der Waals surface area contributed by atoms with Crippen LogP contribution in [0.4, 0.5) is 5.69 Å². The van der Waals surface area contributed by atoms with E-state index in [0.717, 1.165) is 31.6 Å². The van der Waals surface area contributed by atoms with Crippen LogP contribution in [0.5, 0.6) is 0 Å². The van der Waals surface area contributed by atoms with Gasteiger partial charge in [-0.15, -0.1) is 0 Å². The molecular weight excluding hydrogens is 408 g/mol. The van der Waals surface area contributed by atoms with Crippen molar-refractivity contribution in [2.45, 2.75) is 45.8 Å². The van der Waals surface area contributed by atoms with Crippen LogP contribution in [-0.2, 0) is 4.79 Å². The van der Waals surface area contributed by atoms with Crippen molar-refractivity contribution in [1.29, 1.82) is 5.41 Å². The lowest BCUT2D eigenvalue weighted by atomic mass is 9.97. The number of halogens is 1. The van der Waals surface area contributed by atoms with E-state index in [4.69, 9.17) is 22.0 Å². The van der Waals surface area contributed by atoms with Gasteiger partial charge in [0.15, 0.2) is 5.17 Å². The Hall–Kier alpha value is -1.61. The summed E-state index contributed by atoms with van der Waals surface area (Å²) in [5, 5.41) is 10.0. The number of fused-ring (bicyclic) bond motifs is 1. The number of hydrogen-bond donors (Lipinski definition) is 3. The number of nitrogens with one attached hydrogen (secondary N) is 3. The molecule has 1 aromatic carbocycles. The summed E-state index contributed by atoms with van der Waals surface area (Å²) in [6.07, 6.45) is 1.65. The van der Waals surface area contributed by atoms with Gasteiger partial charge < -0.3 is 4.90 Å². The molecule has 9 heteroatoms. The van der Waals surface area contributed by atoms with Crippen molar-refractivity contribution in [3.05, 3.63) is 29.3 Å². The normalized spacial score (nSPS) is 23.7. The fourth-order valence-electron chi connectivity index (χ4n) is 3.68. The number of hydrazine groups is 1. The molecule has 3 N–H and O–H groups in total. The van der Waals surface area contributed by atoms with E-state index >= 15 is 0 Å². The van der Waals surface area contributed by atoms with Crippen LogP contribution in [0.25, 0.3) is 0 Å². The minimum absolute atomic E-state index is 0.0685. The predicted octanol–water partition coefficient (Wildman–Crippen LogP) is 3.31. The van der Waals surface area contributed by atoms with Gasteiger partial charge in [-0.3, -0.25) is 20.5 Å². The lowest BCUT2D eigenvalue weighted by Gasteiger charge is -2.36. The first-order chi connectivity index (χ1) is 14.0. The van der Waals surface area contributed by atoms with Crippen LogP contribution in [0.2, 0.25) is 5.02 Å².